The lowest BCUT2D eigenvalue weighted by molar-refractivity contribution is 0.628. The Balaban J connectivity index is 1.41. The van der Waals surface area contributed by atoms with Gasteiger partial charge in [0.25, 0.3) is 0 Å². The van der Waals surface area contributed by atoms with E-state index in [1.54, 1.807) is 23.5 Å². The Morgan fingerprint density at radius 1 is 1.14 bits per heavy atom. The maximum atomic E-state index is 13.2. The highest BCUT2D eigenvalue weighted by atomic mass is 32.1. The van der Waals surface area contributed by atoms with E-state index in [0.29, 0.717) is 5.92 Å². The van der Waals surface area contributed by atoms with Crippen molar-refractivity contribution in [3.05, 3.63) is 58.6 Å². The van der Waals surface area contributed by atoms with Gasteiger partial charge in [-0.25, -0.2) is 9.37 Å². The first-order valence-corrected chi connectivity index (χ1v) is 10.1. The first-order chi connectivity index (χ1) is 13.6. The van der Waals surface area contributed by atoms with Crippen LogP contribution >= 0.6 is 11.3 Å². The summed E-state index contributed by atoms with van der Waals surface area (Å²) in [4.78, 5) is 5.80. The second kappa shape index (κ2) is 6.63. The predicted molar refractivity (Wildman–Crippen MR) is 107 cm³/mol. The van der Waals surface area contributed by atoms with Crippen LogP contribution in [0, 0.1) is 12.7 Å². The summed E-state index contributed by atoms with van der Waals surface area (Å²) in [7, 11) is 0. The molecule has 142 valence electrons. The topological polar surface area (TPSA) is 68.0 Å². The maximum absolute atomic E-state index is 13.2. The monoisotopic (exact) mass is 394 g/mol. The third-order valence-electron chi connectivity index (χ3n) is 4.91. The molecule has 0 bridgehead atoms. The molecule has 1 aromatic carbocycles. The molecule has 1 saturated carbocycles. The Bertz CT molecular complexity index is 1150. The molecule has 1 atom stereocenters. The quantitative estimate of drug-likeness (QED) is 0.529. The van der Waals surface area contributed by atoms with Gasteiger partial charge >= 0.3 is 0 Å². The number of nitrogens with zero attached hydrogens (tertiary/aromatic N) is 5. The molecule has 6 nitrogen and oxygen atoms in total. The van der Waals surface area contributed by atoms with Gasteiger partial charge in [-0.1, -0.05) is 0 Å². The van der Waals surface area contributed by atoms with Crippen molar-refractivity contribution in [2.45, 2.75) is 38.6 Å². The van der Waals surface area contributed by atoms with Crippen LogP contribution in [0.25, 0.3) is 16.2 Å². The summed E-state index contributed by atoms with van der Waals surface area (Å²) in [6.45, 7) is 4.09. The van der Waals surface area contributed by atoms with Crippen molar-refractivity contribution in [2.24, 2.45) is 0 Å². The lowest BCUT2D eigenvalue weighted by Gasteiger charge is -2.13. The van der Waals surface area contributed by atoms with Crippen LogP contribution in [-0.2, 0) is 0 Å². The molecule has 1 unspecified atom stereocenters. The number of hydrogen-bond acceptors (Lipinski definition) is 6. The zero-order valence-electron chi connectivity index (χ0n) is 15.6. The number of aryl methyl sites for hydroxylation is 1. The van der Waals surface area contributed by atoms with E-state index in [1.807, 2.05) is 23.6 Å². The van der Waals surface area contributed by atoms with Crippen molar-refractivity contribution >= 4 is 22.8 Å². The number of halogens is 1. The van der Waals surface area contributed by atoms with Gasteiger partial charge in [-0.3, -0.25) is 0 Å². The Labute approximate surface area is 165 Å². The van der Waals surface area contributed by atoms with Crippen molar-refractivity contribution in [1.29, 1.82) is 0 Å². The average molecular weight is 394 g/mol. The standard InChI is InChI=1S/C20H19FN6S/c1-11(18-12(2)23-20(28-18)14-5-7-15(21)8-6-14)22-16-9-10-17-24-25-19(13-3-4-13)27(17)26-16/h5-11,13H,3-4H2,1-2H3,(H,22,26). The lowest BCUT2D eigenvalue weighted by atomic mass is 10.2. The Morgan fingerprint density at radius 2 is 1.93 bits per heavy atom. The predicted octanol–water partition coefficient (Wildman–Crippen LogP) is 4.75. The van der Waals surface area contributed by atoms with Gasteiger partial charge < -0.3 is 5.32 Å². The third-order valence-corrected chi connectivity index (χ3v) is 6.30. The lowest BCUT2D eigenvalue weighted by Crippen LogP contribution is -2.10. The summed E-state index contributed by atoms with van der Waals surface area (Å²) in [5.74, 6) is 1.96. The fraction of sp³-hybridized carbons (Fsp3) is 0.300. The number of rotatable bonds is 5. The molecule has 0 amide bonds. The molecule has 0 radical (unpaired) electrons. The molecule has 8 heteroatoms. The zero-order chi connectivity index (χ0) is 19.3. The summed E-state index contributed by atoms with van der Waals surface area (Å²) in [5, 5.41) is 17.5. The first kappa shape index (κ1) is 17.2. The highest BCUT2D eigenvalue weighted by Crippen LogP contribution is 2.39. The molecule has 4 aromatic rings. The van der Waals surface area contributed by atoms with E-state index in [0.717, 1.165) is 51.3 Å². The molecule has 0 aliphatic heterocycles. The summed E-state index contributed by atoms with van der Waals surface area (Å²) in [6.07, 6.45) is 2.31. The number of hydrogen-bond donors (Lipinski definition) is 1. The van der Waals surface area contributed by atoms with Gasteiger partial charge in [0, 0.05) is 16.4 Å². The van der Waals surface area contributed by atoms with Crippen LogP contribution in [0.4, 0.5) is 10.2 Å². The normalized spacial score (nSPS) is 15.1. The van der Waals surface area contributed by atoms with E-state index >= 15 is 0 Å². The number of nitrogens with one attached hydrogen (secondary N) is 1. The smallest absolute Gasteiger partial charge is 0.178 e. The SMILES string of the molecule is Cc1nc(-c2ccc(F)cc2)sc1C(C)Nc1ccc2nnc(C3CC3)n2n1. The number of thiazole rings is 1. The molecule has 3 heterocycles. The van der Waals surface area contributed by atoms with Crippen LogP contribution in [0.1, 0.15) is 48.1 Å². The van der Waals surface area contributed by atoms with Gasteiger partial charge in [-0.15, -0.1) is 26.6 Å². The Kier molecular flexibility index (Phi) is 4.08. The van der Waals surface area contributed by atoms with Crippen LogP contribution in [0.15, 0.2) is 36.4 Å². The van der Waals surface area contributed by atoms with E-state index in [-0.39, 0.29) is 11.9 Å². The number of aromatic nitrogens is 5. The fourth-order valence-corrected chi connectivity index (χ4v) is 4.37. The summed E-state index contributed by atoms with van der Waals surface area (Å²) >= 11 is 1.61. The molecule has 3 aromatic heterocycles. The highest BCUT2D eigenvalue weighted by Gasteiger charge is 2.29. The number of anilines is 1. The summed E-state index contributed by atoms with van der Waals surface area (Å²) < 4.78 is 15.0. The van der Waals surface area contributed by atoms with Crippen LogP contribution in [0.5, 0.6) is 0 Å². The summed E-state index contributed by atoms with van der Waals surface area (Å²) in [5.41, 5.74) is 2.66. The van der Waals surface area contributed by atoms with E-state index in [9.17, 15) is 4.39 Å². The molecular formula is C20H19FN6S. The average Bonchev–Trinajstić information content (AvgIpc) is 3.32. The van der Waals surface area contributed by atoms with Gasteiger partial charge in [-0.2, -0.15) is 4.52 Å². The molecule has 0 spiro atoms. The molecule has 5 rings (SSSR count). The van der Waals surface area contributed by atoms with Gasteiger partial charge in [0.15, 0.2) is 11.5 Å². The van der Waals surface area contributed by atoms with E-state index in [2.05, 4.69) is 32.5 Å². The van der Waals surface area contributed by atoms with Crippen LogP contribution in [0.3, 0.4) is 0 Å². The molecule has 28 heavy (non-hydrogen) atoms. The van der Waals surface area contributed by atoms with Gasteiger partial charge in [0.05, 0.1) is 11.7 Å². The molecular weight excluding hydrogens is 375 g/mol. The largest absolute Gasteiger partial charge is 0.361 e. The Morgan fingerprint density at radius 3 is 2.68 bits per heavy atom. The van der Waals surface area contributed by atoms with Crippen molar-refractivity contribution < 1.29 is 4.39 Å². The molecule has 0 saturated heterocycles. The first-order valence-electron chi connectivity index (χ1n) is 9.30. The van der Waals surface area contributed by atoms with Crippen LogP contribution in [0.2, 0.25) is 0 Å². The molecule has 1 N–H and O–H groups in total. The molecule has 1 aliphatic rings. The van der Waals surface area contributed by atoms with E-state index < -0.39 is 0 Å². The maximum Gasteiger partial charge on any atom is 0.178 e. The third kappa shape index (κ3) is 3.13. The van der Waals surface area contributed by atoms with Crippen molar-refractivity contribution in [2.75, 3.05) is 5.32 Å². The van der Waals surface area contributed by atoms with Gasteiger partial charge in [0.1, 0.15) is 16.6 Å². The van der Waals surface area contributed by atoms with Crippen molar-refractivity contribution in [3.8, 4) is 10.6 Å². The molecule has 1 aliphatic carbocycles. The summed E-state index contributed by atoms with van der Waals surface area (Å²) in [6, 6.07) is 10.3. The van der Waals surface area contributed by atoms with Gasteiger partial charge in [0.2, 0.25) is 0 Å². The minimum Gasteiger partial charge on any atom is -0.361 e. The Hall–Kier alpha value is -2.87. The second-order valence-electron chi connectivity index (χ2n) is 7.16. The van der Waals surface area contributed by atoms with Crippen LogP contribution in [-0.4, -0.2) is 24.8 Å². The highest BCUT2D eigenvalue weighted by molar-refractivity contribution is 7.15. The minimum absolute atomic E-state index is 0.0394. The van der Waals surface area contributed by atoms with E-state index in [1.165, 1.54) is 12.1 Å². The van der Waals surface area contributed by atoms with Crippen LogP contribution < -0.4 is 5.32 Å². The van der Waals surface area contributed by atoms with Crippen molar-refractivity contribution in [1.82, 2.24) is 24.8 Å². The second-order valence-corrected chi connectivity index (χ2v) is 8.19. The number of benzene rings is 1. The minimum atomic E-state index is -0.242. The van der Waals surface area contributed by atoms with Gasteiger partial charge in [-0.05, 0) is 63.1 Å². The fourth-order valence-electron chi connectivity index (χ4n) is 3.29. The zero-order valence-corrected chi connectivity index (χ0v) is 16.4. The molecule has 1 fully saturated rings. The van der Waals surface area contributed by atoms with Crippen molar-refractivity contribution in [3.63, 3.8) is 0 Å². The number of fused-ring (bicyclic) bond motifs is 1. The van der Waals surface area contributed by atoms with E-state index in [4.69, 9.17) is 0 Å².